The molecule has 0 spiro atoms. The van der Waals surface area contributed by atoms with Gasteiger partial charge in [-0.25, -0.2) is 4.79 Å². The maximum atomic E-state index is 13.1. The molecule has 6 heteroatoms. The summed E-state index contributed by atoms with van der Waals surface area (Å²) < 4.78 is 6.97. The van der Waals surface area contributed by atoms with Crippen LogP contribution in [0.1, 0.15) is 39.8 Å². The number of nitrogens with zero attached hydrogens (tertiary/aromatic N) is 3. The first kappa shape index (κ1) is 21.3. The highest BCUT2D eigenvalue weighted by atomic mass is 16.5. The highest BCUT2D eigenvalue weighted by Gasteiger charge is 2.29. The fourth-order valence-corrected chi connectivity index (χ4v) is 3.98. The number of hydrogen-bond donors (Lipinski definition) is 0. The standard InChI is InChI=1S/C26H25N3O3/c1-16-11-12-20(26(31)32-5)15-24(16)28-17(2)13-21(19(28)4)14-23-18(3)27-29(25(23)30)22-9-7-6-8-10-22/h6-15H,1-5H3/b23-14+. The second-order valence-corrected chi connectivity index (χ2v) is 7.85. The van der Waals surface area contributed by atoms with E-state index < -0.39 is 0 Å². The van der Waals surface area contributed by atoms with Crippen molar-refractivity contribution in [3.05, 3.63) is 88.2 Å². The Morgan fingerprint density at radius 1 is 1.00 bits per heavy atom. The van der Waals surface area contributed by atoms with Crippen LogP contribution in [0.2, 0.25) is 0 Å². The minimum Gasteiger partial charge on any atom is -0.465 e. The Bertz CT molecular complexity index is 1280. The number of aryl methyl sites for hydroxylation is 2. The quantitative estimate of drug-likeness (QED) is 0.435. The molecule has 1 aliphatic rings. The number of amides is 1. The summed E-state index contributed by atoms with van der Waals surface area (Å²) in [6.45, 7) is 7.86. The minimum atomic E-state index is -0.375. The normalized spacial score (nSPS) is 14.8. The van der Waals surface area contributed by atoms with Crippen LogP contribution in [0.15, 0.2) is 65.3 Å². The van der Waals surface area contributed by atoms with Crippen LogP contribution in [0.5, 0.6) is 0 Å². The van der Waals surface area contributed by atoms with Gasteiger partial charge in [0, 0.05) is 17.1 Å². The van der Waals surface area contributed by atoms with Crippen molar-refractivity contribution in [3.63, 3.8) is 0 Å². The van der Waals surface area contributed by atoms with Gasteiger partial charge in [0.15, 0.2) is 0 Å². The summed E-state index contributed by atoms with van der Waals surface area (Å²) in [4.78, 5) is 25.1. The molecule has 0 unspecified atom stereocenters. The summed E-state index contributed by atoms with van der Waals surface area (Å²) in [5.74, 6) is -0.525. The van der Waals surface area contributed by atoms with Crippen LogP contribution in [0.4, 0.5) is 5.69 Å². The average Bonchev–Trinajstić information content (AvgIpc) is 3.23. The van der Waals surface area contributed by atoms with E-state index in [9.17, 15) is 9.59 Å². The summed E-state index contributed by atoms with van der Waals surface area (Å²) >= 11 is 0. The van der Waals surface area contributed by atoms with Crippen LogP contribution in [-0.4, -0.2) is 29.3 Å². The Kier molecular flexibility index (Phi) is 5.53. The molecule has 0 radical (unpaired) electrons. The lowest BCUT2D eigenvalue weighted by Crippen LogP contribution is -2.21. The van der Waals surface area contributed by atoms with E-state index >= 15 is 0 Å². The van der Waals surface area contributed by atoms with Crippen molar-refractivity contribution in [3.8, 4) is 5.69 Å². The van der Waals surface area contributed by atoms with E-state index in [-0.39, 0.29) is 11.9 Å². The first-order valence-electron chi connectivity index (χ1n) is 10.4. The SMILES string of the molecule is COC(=O)c1ccc(C)c(-n2c(C)cc(/C=C3/C(=O)N(c4ccccc4)N=C3C)c2C)c1. The first-order valence-corrected chi connectivity index (χ1v) is 10.4. The molecule has 0 saturated heterocycles. The van der Waals surface area contributed by atoms with Crippen LogP contribution in [-0.2, 0) is 9.53 Å². The van der Waals surface area contributed by atoms with Gasteiger partial charge in [-0.05, 0) is 75.2 Å². The summed E-state index contributed by atoms with van der Waals surface area (Å²) in [7, 11) is 1.37. The molecule has 2 aromatic carbocycles. The smallest absolute Gasteiger partial charge is 0.337 e. The maximum Gasteiger partial charge on any atom is 0.337 e. The van der Waals surface area contributed by atoms with Crippen LogP contribution in [0.3, 0.4) is 0 Å². The zero-order valence-electron chi connectivity index (χ0n) is 18.8. The molecule has 4 rings (SSSR count). The number of esters is 1. The predicted molar refractivity (Wildman–Crippen MR) is 126 cm³/mol. The minimum absolute atomic E-state index is 0.151. The summed E-state index contributed by atoms with van der Waals surface area (Å²) in [6.07, 6.45) is 1.89. The van der Waals surface area contributed by atoms with Crippen LogP contribution < -0.4 is 5.01 Å². The first-order chi connectivity index (χ1) is 15.3. The number of rotatable bonds is 4. The fourth-order valence-electron chi connectivity index (χ4n) is 3.98. The Hall–Kier alpha value is -3.93. The van der Waals surface area contributed by atoms with Gasteiger partial charge in [-0.15, -0.1) is 0 Å². The number of hydrazone groups is 1. The molecule has 0 atom stereocenters. The molecule has 3 aromatic rings. The van der Waals surface area contributed by atoms with E-state index in [4.69, 9.17) is 4.74 Å². The monoisotopic (exact) mass is 427 g/mol. The molecular formula is C26H25N3O3. The molecule has 1 aliphatic heterocycles. The van der Waals surface area contributed by atoms with Crippen molar-refractivity contribution in [1.29, 1.82) is 0 Å². The van der Waals surface area contributed by atoms with Gasteiger partial charge >= 0.3 is 5.97 Å². The zero-order valence-corrected chi connectivity index (χ0v) is 18.8. The molecule has 2 heterocycles. The highest BCUT2D eigenvalue weighted by molar-refractivity contribution is 6.32. The number of anilines is 1. The lowest BCUT2D eigenvalue weighted by atomic mass is 10.1. The van der Waals surface area contributed by atoms with Gasteiger partial charge < -0.3 is 9.30 Å². The van der Waals surface area contributed by atoms with E-state index in [0.29, 0.717) is 16.8 Å². The van der Waals surface area contributed by atoms with Gasteiger partial charge in [0.1, 0.15) is 0 Å². The highest BCUT2D eigenvalue weighted by Crippen LogP contribution is 2.29. The second-order valence-electron chi connectivity index (χ2n) is 7.85. The lowest BCUT2D eigenvalue weighted by Gasteiger charge is -2.14. The number of benzene rings is 2. The van der Waals surface area contributed by atoms with Gasteiger partial charge in [-0.3, -0.25) is 4.79 Å². The Morgan fingerprint density at radius 2 is 1.72 bits per heavy atom. The number of carbonyl (C=O) groups excluding carboxylic acids is 2. The van der Waals surface area contributed by atoms with E-state index in [1.54, 1.807) is 6.07 Å². The van der Waals surface area contributed by atoms with Crippen molar-refractivity contribution in [1.82, 2.24) is 4.57 Å². The Balaban J connectivity index is 1.75. The molecule has 0 fully saturated rings. The van der Waals surface area contributed by atoms with Crippen molar-refractivity contribution < 1.29 is 14.3 Å². The van der Waals surface area contributed by atoms with E-state index in [0.717, 1.165) is 33.9 Å². The molecular weight excluding hydrogens is 402 g/mol. The Labute approximate surface area is 187 Å². The molecule has 0 N–H and O–H groups in total. The number of carbonyl (C=O) groups is 2. The Morgan fingerprint density at radius 3 is 2.41 bits per heavy atom. The number of aromatic nitrogens is 1. The number of para-hydroxylation sites is 1. The van der Waals surface area contributed by atoms with Crippen LogP contribution in [0, 0.1) is 20.8 Å². The predicted octanol–water partition coefficient (Wildman–Crippen LogP) is 5.00. The molecule has 32 heavy (non-hydrogen) atoms. The van der Waals surface area contributed by atoms with Crippen molar-refractivity contribution >= 4 is 29.4 Å². The maximum absolute atomic E-state index is 13.1. The van der Waals surface area contributed by atoms with Gasteiger partial charge in [0.2, 0.25) is 0 Å². The molecule has 1 aromatic heterocycles. The summed E-state index contributed by atoms with van der Waals surface area (Å²) in [5.41, 5.74) is 7.30. The van der Waals surface area contributed by atoms with E-state index in [2.05, 4.69) is 9.67 Å². The van der Waals surface area contributed by atoms with Gasteiger partial charge in [0.05, 0.1) is 29.6 Å². The van der Waals surface area contributed by atoms with Crippen molar-refractivity contribution in [2.24, 2.45) is 5.10 Å². The molecule has 0 saturated carbocycles. The van der Waals surface area contributed by atoms with Crippen LogP contribution >= 0.6 is 0 Å². The lowest BCUT2D eigenvalue weighted by molar-refractivity contribution is -0.114. The number of hydrogen-bond acceptors (Lipinski definition) is 4. The molecule has 6 nitrogen and oxygen atoms in total. The summed E-state index contributed by atoms with van der Waals surface area (Å²) in [6, 6.07) is 16.9. The zero-order chi connectivity index (χ0) is 23.0. The molecule has 162 valence electrons. The van der Waals surface area contributed by atoms with Gasteiger partial charge in [-0.2, -0.15) is 10.1 Å². The largest absolute Gasteiger partial charge is 0.465 e. The molecule has 1 amide bonds. The van der Waals surface area contributed by atoms with E-state index in [1.165, 1.54) is 12.1 Å². The average molecular weight is 428 g/mol. The third kappa shape index (κ3) is 3.64. The number of ether oxygens (including phenoxy) is 1. The molecule has 0 aliphatic carbocycles. The number of methoxy groups -OCH3 is 1. The van der Waals surface area contributed by atoms with Gasteiger partial charge in [-0.1, -0.05) is 24.3 Å². The van der Waals surface area contributed by atoms with Crippen LogP contribution in [0.25, 0.3) is 11.8 Å². The van der Waals surface area contributed by atoms with Crippen molar-refractivity contribution in [2.75, 3.05) is 12.1 Å². The third-order valence-corrected chi connectivity index (χ3v) is 5.70. The summed E-state index contributed by atoms with van der Waals surface area (Å²) in [5, 5.41) is 5.90. The fraction of sp³-hybridized carbons (Fsp3) is 0.192. The van der Waals surface area contributed by atoms with Gasteiger partial charge in [0.25, 0.3) is 5.91 Å². The third-order valence-electron chi connectivity index (χ3n) is 5.70. The molecule has 0 bridgehead atoms. The van der Waals surface area contributed by atoms with E-state index in [1.807, 2.05) is 82.3 Å². The van der Waals surface area contributed by atoms with Crippen molar-refractivity contribution in [2.45, 2.75) is 27.7 Å². The second kappa shape index (κ2) is 8.30. The topological polar surface area (TPSA) is 63.9 Å².